The van der Waals surface area contributed by atoms with Crippen molar-refractivity contribution >= 4 is 43.5 Å². The Kier molecular flexibility index (Phi) is 3.81. The van der Waals surface area contributed by atoms with Gasteiger partial charge in [0.25, 0.3) is 5.69 Å². The van der Waals surface area contributed by atoms with E-state index in [1.807, 2.05) is 0 Å². The Hall–Kier alpha value is -0.950. The molecule has 0 amide bonds. The normalized spacial score (nSPS) is 10.0. The third kappa shape index (κ3) is 3.00. The van der Waals surface area contributed by atoms with Gasteiger partial charge in [-0.1, -0.05) is 0 Å². The van der Waals surface area contributed by atoms with Gasteiger partial charge >= 0.3 is 5.97 Å². The first-order chi connectivity index (χ1) is 6.91. The summed E-state index contributed by atoms with van der Waals surface area (Å²) in [6.45, 7) is 0. The summed E-state index contributed by atoms with van der Waals surface area (Å²) in [5, 5.41) is 19.2. The van der Waals surface area contributed by atoms with E-state index in [1.54, 1.807) is 0 Å². The molecular formula is C8H5Br2NO4. The van der Waals surface area contributed by atoms with E-state index in [9.17, 15) is 14.9 Å². The molecule has 0 heterocycles. The van der Waals surface area contributed by atoms with Gasteiger partial charge in [-0.3, -0.25) is 14.9 Å². The molecule has 0 aliphatic rings. The fraction of sp³-hybridized carbons (Fsp3) is 0.125. The molecule has 7 heteroatoms. The second-order valence-electron chi connectivity index (χ2n) is 2.74. The lowest BCUT2D eigenvalue weighted by Gasteiger charge is -2.02. The summed E-state index contributed by atoms with van der Waals surface area (Å²) in [5.41, 5.74) is 0.385. The van der Waals surface area contributed by atoms with Crippen LogP contribution in [0.5, 0.6) is 0 Å². The van der Waals surface area contributed by atoms with Crippen molar-refractivity contribution in [2.75, 3.05) is 0 Å². The Labute approximate surface area is 102 Å². The second-order valence-corrected chi connectivity index (χ2v) is 4.44. The van der Waals surface area contributed by atoms with Crippen LogP contribution in [0, 0.1) is 10.1 Å². The van der Waals surface area contributed by atoms with Gasteiger partial charge in [-0.25, -0.2) is 0 Å². The molecule has 1 aromatic rings. The molecule has 0 spiro atoms. The monoisotopic (exact) mass is 337 g/mol. The summed E-state index contributed by atoms with van der Waals surface area (Å²) in [4.78, 5) is 20.5. The molecule has 1 rings (SSSR count). The molecule has 0 saturated heterocycles. The molecule has 1 aromatic carbocycles. The zero-order valence-corrected chi connectivity index (χ0v) is 10.4. The minimum absolute atomic E-state index is 0.107. The van der Waals surface area contributed by atoms with Gasteiger partial charge in [-0.15, -0.1) is 0 Å². The van der Waals surface area contributed by atoms with Crippen molar-refractivity contribution < 1.29 is 14.8 Å². The number of nitro benzene ring substituents is 1. The van der Waals surface area contributed by atoms with E-state index in [0.717, 1.165) is 0 Å². The van der Waals surface area contributed by atoms with Crippen LogP contribution in [0.2, 0.25) is 0 Å². The number of carboxylic acid groups (broad SMARTS) is 1. The van der Waals surface area contributed by atoms with Crippen LogP contribution >= 0.6 is 31.9 Å². The highest BCUT2D eigenvalue weighted by molar-refractivity contribution is 9.11. The van der Waals surface area contributed by atoms with Crippen LogP contribution in [-0.2, 0) is 11.2 Å². The predicted octanol–water partition coefficient (Wildman–Crippen LogP) is 2.75. The fourth-order valence-electron chi connectivity index (χ4n) is 1.07. The number of nitrogens with zero attached hydrogens (tertiary/aromatic N) is 1. The lowest BCUT2D eigenvalue weighted by molar-refractivity contribution is -0.386. The standard InChI is InChI=1S/C8H5Br2NO4/c9-5-1-4(3-7(12)13)2-6(10)8(5)11(14)15/h1-2H,3H2,(H,12,13). The molecular weight excluding hydrogens is 334 g/mol. The topological polar surface area (TPSA) is 80.4 Å². The quantitative estimate of drug-likeness (QED) is 0.678. The minimum atomic E-state index is -0.984. The van der Waals surface area contributed by atoms with E-state index in [-0.39, 0.29) is 21.1 Å². The number of halogens is 2. The molecule has 0 bridgehead atoms. The molecule has 0 atom stereocenters. The average molecular weight is 339 g/mol. The molecule has 80 valence electrons. The van der Waals surface area contributed by atoms with Gasteiger partial charge in [0, 0.05) is 0 Å². The summed E-state index contributed by atoms with van der Waals surface area (Å²) < 4.78 is 0.524. The Morgan fingerprint density at radius 2 is 1.87 bits per heavy atom. The van der Waals surface area contributed by atoms with E-state index in [4.69, 9.17) is 5.11 Å². The summed E-state index contributed by atoms with van der Waals surface area (Å²) in [6.07, 6.45) is -0.171. The van der Waals surface area contributed by atoms with Gasteiger partial charge < -0.3 is 5.11 Å². The van der Waals surface area contributed by atoms with E-state index < -0.39 is 10.9 Å². The van der Waals surface area contributed by atoms with Crippen LogP contribution in [0.3, 0.4) is 0 Å². The highest BCUT2D eigenvalue weighted by Gasteiger charge is 2.18. The second kappa shape index (κ2) is 4.71. The van der Waals surface area contributed by atoms with Crippen LogP contribution in [0.1, 0.15) is 5.56 Å². The van der Waals surface area contributed by atoms with Crippen molar-refractivity contribution in [3.8, 4) is 0 Å². The highest BCUT2D eigenvalue weighted by atomic mass is 79.9. The first-order valence-electron chi connectivity index (χ1n) is 3.76. The van der Waals surface area contributed by atoms with Crippen LogP contribution in [0.15, 0.2) is 21.1 Å². The molecule has 15 heavy (non-hydrogen) atoms. The summed E-state index contributed by atoms with van der Waals surface area (Å²) >= 11 is 6.05. The van der Waals surface area contributed by atoms with Crippen LogP contribution < -0.4 is 0 Å². The maximum Gasteiger partial charge on any atom is 0.307 e. The lowest BCUT2D eigenvalue weighted by atomic mass is 10.1. The number of benzene rings is 1. The first-order valence-corrected chi connectivity index (χ1v) is 5.34. The number of rotatable bonds is 3. The molecule has 0 unspecified atom stereocenters. The number of aliphatic carboxylic acids is 1. The van der Waals surface area contributed by atoms with E-state index >= 15 is 0 Å². The number of hydrogen-bond acceptors (Lipinski definition) is 3. The Morgan fingerprint density at radius 1 is 1.40 bits per heavy atom. The number of nitro groups is 1. The average Bonchev–Trinajstić information content (AvgIpc) is 1.99. The van der Waals surface area contributed by atoms with Gasteiger partial charge in [0.05, 0.1) is 20.3 Å². The van der Waals surface area contributed by atoms with Crippen molar-refractivity contribution in [1.29, 1.82) is 0 Å². The van der Waals surface area contributed by atoms with E-state index in [1.165, 1.54) is 12.1 Å². The summed E-state index contributed by atoms with van der Waals surface area (Å²) in [6, 6.07) is 2.86. The van der Waals surface area contributed by atoms with E-state index in [2.05, 4.69) is 31.9 Å². The molecule has 0 radical (unpaired) electrons. The van der Waals surface area contributed by atoms with Gasteiger partial charge in [0.15, 0.2) is 0 Å². The SMILES string of the molecule is O=C(O)Cc1cc(Br)c([N+](=O)[O-])c(Br)c1. The lowest BCUT2D eigenvalue weighted by Crippen LogP contribution is -2.01. The summed E-state index contributed by atoms with van der Waals surface area (Å²) in [7, 11) is 0. The number of hydrogen-bond donors (Lipinski definition) is 1. The van der Waals surface area contributed by atoms with Crippen molar-refractivity contribution in [2.24, 2.45) is 0 Å². The van der Waals surface area contributed by atoms with Gasteiger partial charge in [-0.05, 0) is 49.6 Å². The predicted molar refractivity (Wildman–Crippen MR) is 59.8 cm³/mol. The first kappa shape index (κ1) is 12.1. The van der Waals surface area contributed by atoms with Gasteiger partial charge in [0.1, 0.15) is 0 Å². The van der Waals surface area contributed by atoms with Crippen LogP contribution in [0.4, 0.5) is 5.69 Å². The highest BCUT2D eigenvalue weighted by Crippen LogP contribution is 2.34. The smallest absolute Gasteiger partial charge is 0.307 e. The molecule has 0 fully saturated rings. The summed E-state index contributed by atoms with van der Waals surface area (Å²) in [5.74, 6) is -0.984. The molecule has 0 aromatic heterocycles. The van der Waals surface area contributed by atoms with Crippen LogP contribution in [0.25, 0.3) is 0 Å². The van der Waals surface area contributed by atoms with Gasteiger partial charge in [0.2, 0.25) is 0 Å². The Morgan fingerprint density at radius 3 is 2.20 bits per heavy atom. The van der Waals surface area contributed by atoms with Crippen LogP contribution in [-0.4, -0.2) is 16.0 Å². The third-order valence-electron chi connectivity index (χ3n) is 1.61. The minimum Gasteiger partial charge on any atom is -0.481 e. The van der Waals surface area contributed by atoms with Crippen molar-refractivity contribution in [1.82, 2.24) is 0 Å². The van der Waals surface area contributed by atoms with Crippen molar-refractivity contribution in [3.63, 3.8) is 0 Å². The molecule has 5 nitrogen and oxygen atoms in total. The number of carboxylic acids is 1. The molecule has 0 saturated carbocycles. The number of carbonyl (C=O) groups is 1. The van der Waals surface area contributed by atoms with Crippen molar-refractivity contribution in [2.45, 2.75) is 6.42 Å². The zero-order valence-electron chi connectivity index (χ0n) is 7.24. The van der Waals surface area contributed by atoms with Crippen molar-refractivity contribution in [3.05, 3.63) is 36.8 Å². The largest absolute Gasteiger partial charge is 0.481 e. The van der Waals surface area contributed by atoms with Gasteiger partial charge in [-0.2, -0.15) is 0 Å². The Bertz CT molecular complexity index is 410. The molecule has 0 aliphatic carbocycles. The third-order valence-corrected chi connectivity index (χ3v) is 2.82. The fourth-order valence-corrected chi connectivity index (χ4v) is 2.64. The maximum absolute atomic E-state index is 10.6. The molecule has 0 aliphatic heterocycles. The van der Waals surface area contributed by atoms with E-state index in [0.29, 0.717) is 5.56 Å². The Balaban J connectivity index is 3.19. The zero-order chi connectivity index (χ0) is 11.6. The maximum atomic E-state index is 10.6. The molecule has 1 N–H and O–H groups in total.